The number of hydrogen-bond acceptors (Lipinski definition) is 7. The highest BCUT2D eigenvalue weighted by Gasteiger charge is 2.07. The van der Waals surface area contributed by atoms with E-state index >= 15 is 0 Å². The zero-order valence-electron chi connectivity index (χ0n) is 10.9. The number of halogens is 1. The standard InChI is InChI=1S/C12H15FN6O/c1-2-20-12-17-10(16-11(18-12)19-14)15-7-8-5-3-4-6-9(8)13/h3-6H,2,7,14H2,1H3,(H2,15,16,17,18,19). The molecule has 20 heavy (non-hydrogen) atoms. The van der Waals surface area contributed by atoms with Gasteiger partial charge in [-0.25, -0.2) is 10.2 Å². The van der Waals surface area contributed by atoms with Crippen LogP contribution in [0.25, 0.3) is 0 Å². The summed E-state index contributed by atoms with van der Waals surface area (Å²) in [5.74, 6) is 5.39. The second-order valence-electron chi connectivity index (χ2n) is 3.79. The number of benzene rings is 1. The van der Waals surface area contributed by atoms with Crippen LogP contribution in [0, 0.1) is 5.82 Å². The summed E-state index contributed by atoms with van der Waals surface area (Å²) >= 11 is 0. The minimum atomic E-state index is -0.295. The summed E-state index contributed by atoms with van der Waals surface area (Å²) in [6, 6.07) is 6.60. The van der Waals surface area contributed by atoms with Gasteiger partial charge in [0.05, 0.1) is 6.61 Å². The Kier molecular flexibility index (Phi) is 4.61. The number of rotatable bonds is 6. The topological polar surface area (TPSA) is 98.0 Å². The minimum Gasteiger partial charge on any atom is -0.464 e. The Morgan fingerprint density at radius 3 is 2.65 bits per heavy atom. The number of hydrazine groups is 1. The number of hydrogen-bond donors (Lipinski definition) is 3. The zero-order valence-corrected chi connectivity index (χ0v) is 10.9. The highest BCUT2D eigenvalue weighted by Crippen LogP contribution is 2.12. The first-order valence-electron chi connectivity index (χ1n) is 6.05. The quantitative estimate of drug-likeness (QED) is 0.541. The van der Waals surface area contributed by atoms with E-state index in [0.717, 1.165) is 0 Å². The van der Waals surface area contributed by atoms with E-state index in [0.29, 0.717) is 12.2 Å². The lowest BCUT2D eigenvalue weighted by Gasteiger charge is -2.09. The molecular weight excluding hydrogens is 263 g/mol. The Bertz CT molecular complexity index is 580. The highest BCUT2D eigenvalue weighted by molar-refractivity contribution is 5.36. The Hall–Kier alpha value is -2.48. The lowest BCUT2D eigenvalue weighted by atomic mass is 10.2. The van der Waals surface area contributed by atoms with E-state index < -0.39 is 0 Å². The van der Waals surface area contributed by atoms with Crippen LogP contribution in [0.1, 0.15) is 12.5 Å². The summed E-state index contributed by atoms with van der Waals surface area (Å²) in [7, 11) is 0. The van der Waals surface area contributed by atoms with Crippen molar-refractivity contribution in [3.05, 3.63) is 35.6 Å². The normalized spacial score (nSPS) is 10.2. The molecule has 0 amide bonds. The van der Waals surface area contributed by atoms with Gasteiger partial charge in [-0.3, -0.25) is 5.43 Å². The predicted octanol–water partition coefficient (Wildman–Crippen LogP) is 1.31. The van der Waals surface area contributed by atoms with Crippen LogP contribution >= 0.6 is 0 Å². The van der Waals surface area contributed by atoms with Gasteiger partial charge >= 0.3 is 6.01 Å². The molecule has 1 aromatic heterocycles. The van der Waals surface area contributed by atoms with E-state index in [1.54, 1.807) is 18.2 Å². The molecule has 0 saturated carbocycles. The van der Waals surface area contributed by atoms with Crippen LogP contribution in [0.2, 0.25) is 0 Å². The van der Waals surface area contributed by atoms with Gasteiger partial charge in [0.2, 0.25) is 11.9 Å². The number of anilines is 2. The Morgan fingerprint density at radius 2 is 1.95 bits per heavy atom. The molecular formula is C12H15FN6O. The summed E-state index contributed by atoms with van der Waals surface area (Å²) in [5, 5.41) is 2.90. The van der Waals surface area contributed by atoms with Crippen molar-refractivity contribution in [1.82, 2.24) is 15.0 Å². The van der Waals surface area contributed by atoms with E-state index in [-0.39, 0.29) is 30.3 Å². The molecule has 0 aliphatic heterocycles. The van der Waals surface area contributed by atoms with Crippen LogP contribution in [-0.2, 0) is 6.54 Å². The first-order chi connectivity index (χ1) is 9.72. The lowest BCUT2D eigenvalue weighted by molar-refractivity contribution is 0.312. The first-order valence-corrected chi connectivity index (χ1v) is 6.05. The van der Waals surface area contributed by atoms with Gasteiger partial charge in [0, 0.05) is 12.1 Å². The van der Waals surface area contributed by atoms with Gasteiger partial charge in [0.15, 0.2) is 0 Å². The Labute approximate surface area is 115 Å². The fourth-order valence-corrected chi connectivity index (χ4v) is 1.51. The molecule has 4 N–H and O–H groups in total. The van der Waals surface area contributed by atoms with Crippen molar-refractivity contribution in [1.29, 1.82) is 0 Å². The second-order valence-corrected chi connectivity index (χ2v) is 3.79. The van der Waals surface area contributed by atoms with Gasteiger partial charge in [-0.15, -0.1) is 0 Å². The molecule has 0 atom stereocenters. The van der Waals surface area contributed by atoms with Crippen LogP contribution in [0.4, 0.5) is 16.3 Å². The summed E-state index contributed by atoms with van der Waals surface area (Å²) < 4.78 is 18.7. The minimum absolute atomic E-state index is 0.145. The summed E-state index contributed by atoms with van der Waals surface area (Å²) in [6.45, 7) is 2.47. The first kappa shape index (κ1) is 13.9. The molecule has 2 rings (SSSR count). The van der Waals surface area contributed by atoms with Crippen LogP contribution in [0.3, 0.4) is 0 Å². The number of nitrogens with zero attached hydrogens (tertiary/aromatic N) is 3. The van der Waals surface area contributed by atoms with E-state index in [9.17, 15) is 4.39 Å². The van der Waals surface area contributed by atoms with E-state index in [2.05, 4.69) is 25.7 Å². The van der Waals surface area contributed by atoms with Crippen molar-refractivity contribution in [2.75, 3.05) is 17.3 Å². The van der Waals surface area contributed by atoms with Gasteiger partial charge in [-0.1, -0.05) is 18.2 Å². The molecule has 2 aromatic rings. The molecule has 0 saturated heterocycles. The van der Waals surface area contributed by atoms with Gasteiger partial charge < -0.3 is 10.1 Å². The van der Waals surface area contributed by atoms with Crippen LogP contribution < -0.4 is 21.3 Å². The third kappa shape index (κ3) is 3.51. The van der Waals surface area contributed by atoms with Crippen molar-refractivity contribution in [3.8, 4) is 6.01 Å². The number of nitrogen functional groups attached to an aromatic ring is 1. The van der Waals surface area contributed by atoms with E-state index in [1.165, 1.54) is 6.07 Å². The number of nitrogens with two attached hydrogens (primary N) is 1. The fourth-order valence-electron chi connectivity index (χ4n) is 1.51. The lowest BCUT2D eigenvalue weighted by Crippen LogP contribution is -2.14. The smallest absolute Gasteiger partial charge is 0.323 e. The summed E-state index contributed by atoms with van der Waals surface area (Å²) in [4.78, 5) is 12.0. The summed E-state index contributed by atoms with van der Waals surface area (Å²) in [5.41, 5.74) is 2.83. The van der Waals surface area contributed by atoms with Crippen LogP contribution in [0.15, 0.2) is 24.3 Å². The Balaban J connectivity index is 2.12. The third-order valence-corrected chi connectivity index (χ3v) is 2.41. The number of nitrogens with one attached hydrogen (secondary N) is 2. The number of aromatic nitrogens is 3. The molecule has 0 fully saturated rings. The van der Waals surface area contributed by atoms with E-state index in [1.807, 2.05) is 6.92 Å². The zero-order chi connectivity index (χ0) is 14.4. The average molecular weight is 278 g/mol. The molecule has 0 spiro atoms. The molecule has 7 nitrogen and oxygen atoms in total. The molecule has 1 heterocycles. The van der Waals surface area contributed by atoms with Crippen molar-refractivity contribution >= 4 is 11.9 Å². The monoisotopic (exact) mass is 278 g/mol. The van der Waals surface area contributed by atoms with Crippen molar-refractivity contribution in [3.63, 3.8) is 0 Å². The third-order valence-electron chi connectivity index (χ3n) is 2.41. The maximum atomic E-state index is 13.5. The second kappa shape index (κ2) is 6.62. The molecule has 8 heteroatoms. The van der Waals surface area contributed by atoms with Gasteiger partial charge in [-0.05, 0) is 13.0 Å². The molecule has 0 aliphatic rings. The molecule has 0 aliphatic carbocycles. The highest BCUT2D eigenvalue weighted by atomic mass is 19.1. The molecule has 0 bridgehead atoms. The van der Waals surface area contributed by atoms with Crippen LogP contribution in [-0.4, -0.2) is 21.6 Å². The SMILES string of the molecule is CCOc1nc(NN)nc(NCc2ccccc2F)n1. The largest absolute Gasteiger partial charge is 0.464 e. The van der Waals surface area contributed by atoms with Crippen LogP contribution in [0.5, 0.6) is 6.01 Å². The maximum Gasteiger partial charge on any atom is 0.323 e. The molecule has 0 unspecified atom stereocenters. The fraction of sp³-hybridized carbons (Fsp3) is 0.250. The van der Waals surface area contributed by atoms with Crippen molar-refractivity contribution < 1.29 is 9.13 Å². The van der Waals surface area contributed by atoms with Gasteiger partial charge in [0.25, 0.3) is 0 Å². The average Bonchev–Trinajstić information content (AvgIpc) is 2.46. The molecule has 106 valence electrons. The Morgan fingerprint density at radius 1 is 1.20 bits per heavy atom. The van der Waals surface area contributed by atoms with Crippen molar-refractivity contribution in [2.24, 2.45) is 5.84 Å². The number of ether oxygens (including phenoxy) is 1. The predicted molar refractivity (Wildman–Crippen MR) is 72.5 cm³/mol. The van der Waals surface area contributed by atoms with Gasteiger partial charge in [-0.2, -0.15) is 15.0 Å². The summed E-state index contributed by atoms with van der Waals surface area (Å²) in [6.07, 6.45) is 0. The van der Waals surface area contributed by atoms with E-state index in [4.69, 9.17) is 10.6 Å². The van der Waals surface area contributed by atoms with Crippen molar-refractivity contribution in [2.45, 2.75) is 13.5 Å². The molecule has 0 radical (unpaired) electrons. The maximum absolute atomic E-state index is 13.5. The van der Waals surface area contributed by atoms with Gasteiger partial charge in [0.1, 0.15) is 5.82 Å². The molecule has 1 aromatic carbocycles.